The highest BCUT2D eigenvalue weighted by Gasteiger charge is 2.30. The molecule has 10 heteroatoms. The number of β-amino-alcohol motifs (C(OH)–C–C–N with tert-alkyl or cyclic N) is 1. The number of benzene rings is 1. The van der Waals surface area contributed by atoms with Crippen LogP contribution >= 0.6 is 0 Å². The van der Waals surface area contributed by atoms with Crippen molar-refractivity contribution in [2.24, 2.45) is 0 Å². The number of aliphatic hydroxyl groups excluding tert-OH is 1. The largest absolute Gasteiger partial charge is 0.495 e. The van der Waals surface area contributed by atoms with Gasteiger partial charge in [0.25, 0.3) is 11.8 Å². The zero-order chi connectivity index (χ0) is 17.9. The minimum absolute atomic E-state index is 0.0314. The van der Waals surface area contributed by atoms with Gasteiger partial charge in [0.2, 0.25) is 10.0 Å². The van der Waals surface area contributed by atoms with Gasteiger partial charge in [-0.05, 0) is 18.2 Å². The maximum Gasteiger partial charge on any atom is 0.277 e. The number of hydrogen-bond donors (Lipinski definition) is 3. The van der Waals surface area contributed by atoms with Crippen LogP contribution in [0.4, 0.5) is 11.4 Å². The highest BCUT2D eigenvalue weighted by Crippen LogP contribution is 2.29. The minimum Gasteiger partial charge on any atom is -0.495 e. The first-order chi connectivity index (χ1) is 11.2. The lowest BCUT2D eigenvalue weighted by molar-refractivity contribution is -0.137. The zero-order valence-electron chi connectivity index (χ0n) is 13.1. The SMILES string of the molecule is COc1ccc(NC2=CC(=O)N(CCO)C2=O)cc1NS(C)(=O)=O. The Morgan fingerprint density at radius 1 is 1.29 bits per heavy atom. The van der Waals surface area contributed by atoms with Crippen LogP contribution in [0.1, 0.15) is 0 Å². The van der Waals surface area contributed by atoms with E-state index in [9.17, 15) is 18.0 Å². The lowest BCUT2D eigenvalue weighted by atomic mass is 10.2. The summed E-state index contributed by atoms with van der Waals surface area (Å²) in [7, 11) is -2.13. The number of nitrogens with one attached hydrogen (secondary N) is 2. The van der Waals surface area contributed by atoms with Crippen molar-refractivity contribution in [2.75, 3.05) is 36.6 Å². The maximum absolute atomic E-state index is 12.1. The number of carbonyl (C=O) groups excluding carboxylic acids is 2. The number of nitrogens with zero attached hydrogens (tertiary/aromatic N) is 1. The van der Waals surface area contributed by atoms with Crippen LogP contribution in [-0.4, -0.2) is 56.8 Å². The summed E-state index contributed by atoms with van der Waals surface area (Å²) in [5.74, 6) is -0.794. The molecule has 9 nitrogen and oxygen atoms in total. The van der Waals surface area contributed by atoms with Gasteiger partial charge in [-0.1, -0.05) is 0 Å². The maximum atomic E-state index is 12.1. The molecule has 24 heavy (non-hydrogen) atoms. The van der Waals surface area contributed by atoms with E-state index in [4.69, 9.17) is 9.84 Å². The number of sulfonamides is 1. The Kier molecular flexibility index (Phi) is 5.10. The number of aliphatic hydroxyl groups is 1. The van der Waals surface area contributed by atoms with Crippen molar-refractivity contribution in [1.82, 2.24) is 4.90 Å². The van der Waals surface area contributed by atoms with Crippen LogP contribution in [0, 0.1) is 0 Å². The number of carbonyl (C=O) groups is 2. The minimum atomic E-state index is -3.52. The van der Waals surface area contributed by atoms with Crippen molar-refractivity contribution < 1.29 is 27.9 Å². The predicted molar refractivity (Wildman–Crippen MR) is 87.0 cm³/mol. The highest BCUT2D eigenvalue weighted by molar-refractivity contribution is 7.92. The predicted octanol–water partition coefficient (Wildman–Crippen LogP) is -0.276. The lowest BCUT2D eigenvalue weighted by Crippen LogP contribution is -2.34. The molecule has 0 radical (unpaired) electrons. The van der Waals surface area contributed by atoms with E-state index in [0.29, 0.717) is 11.4 Å². The molecule has 0 saturated heterocycles. The van der Waals surface area contributed by atoms with Gasteiger partial charge in [-0.3, -0.25) is 19.2 Å². The van der Waals surface area contributed by atoms with E-state index in [1.54, 1.807) is 6.07 Å². The van der Waals surface area contributed by atoms with Gasteiger partial charge in [-0.2, -0.15) is 0 Å². The molecule has 0 saturated carbocycles. The molecular formula is C14H17N3O6S. The Bertz CT molecular complexity index is 803. The summed E-state index contributed by atoms with van der Waals surface area (Å²) in [6.45, 7) is -0.424. The lowest BCUT2D eigenvalue weighted by Gasteiger charge is -2.15. The van der Waals surface area contributed by atoms with Crippen molar-refractivity contribution in [3.8, 4) is 5.75 Å². The molecule has 0 fully saturated rings. The molecule has 0 unspecified atom stereocenters. The summed E-state index contributed by atoms with van der Waals surface area (Å²) < 4.78 is 30.2. The normalized spacial score (nSPS) is 14.6. The van der Waals surface area contributed by atoms with Crippen molar-refractivity contribution in [1.29, 1.82) is 0 Å². The van der Waals surface area contributed by atoms with Crippen molar-refractivity contribution >= 4 is 33.2 Å². The number of amides is 2. The summed E-state index contributed by atoms with van der Waals surface area (Å²) in [5.41, 5.74) is 0.610. The molecule has 2 amide bonds. The fourth-order valence-corrected chi connectivity index (χ4v) is 2.69. The van der Waals surface area contributed by atoms with Crippen LogP contribution in [0.2, 0.25) is 0 Å². The zero-order valence-corrected chi connectivity index (χ0v) is 13.9. The average Bonchev–Trinajstić information content (AvgIpc) is 2.74. The van der Waals surface area contributed by atoms with Crippen molar-refractivity contribution in [3.05, 3.63) is 30.0 Å². The Labute approximate surface area is 139 Å². The number of imide groups is 1. The molecule has 1 aliphatic heterocycles. The molecule has 0 spiro atoms. The smallest absolute Gasteiger partial charge is 0.277 e. The summed E-state index contributed by atoms with van der Waals surface area (Å²) in [4.78, 5) is 24.7. The third kappa shape index (κ3) is 4.03. The van der Waals surface area contributed by atoms with E-state index >= 15 is 0 Å². The number of rotatable bonds is 7. The third-order valence-corrected chi connectivity index (χ3v) is 3.70. The van der Waals surface area contributed by atoms with Crippen LogP contribution in [0.5, 0.6) is 5.75 Å². The van der Waals surface area contributed by atoms with Gasteiger partial charge >= 0.3 is 0 Å². The standard InChI is InChI=1S/C14H17N3O6S/c1-23-12-4-3-9(7-10(12)16-24(2,21)22)15-11-8-13(19)17(5-6-18)14(11)20/h3-4,7-8,15-16,18H,5-6H2,1-2H3. The molecule has 1 aliphatic rings. The Morgan fingerprint density at radius 3 is 2.58 bits per heavy atom. The molecule has 1 heterocycles. The quantitative estimate of drug-likeness (QED) is 0.575. The van der Waals surface area contributed by atoms with E-state index in [2.05, 4.69) is 10.0 Å². The first kappa shape index (κ1) is 17.8. The third-order valence-electron chi connectivity index (χ3n) is 3.11. The Hall–Kier alpha value is -2.59. The first-order valence-electron chi connectivity index (χ1n) is 6.86. The topological polar surface area (TPSA) is 125 Å². The van der Waals surface area contributed by atoms with E-state index in [1.807, 2.05) is 0 Å². The van der Waals surface area contributed by atoms with Gasteiger partial charge < -0.3 is 15.2 Å². The Balaban J connectivity index is 2.25. The van der Waals surface area contributed by atoms with Gasteiger partial charge in [-0.25, -0.2) is 8.42 Å². The van der Waals surface area contributed by atoms with Gasteiger partial charge in [-0.15, -0.1) is 0 Å². The second-order valence-electron chi connectivity index (χ2n) is 4.99. The molecule has 1 aromatic rings. The second-order valence-corrected chi connectivity index (χ2v) is 6.74. The van der Waals surface area contributed by atoms with Crippen LogP contribution in [0.25, 0.3) is 0 Å². The first-order valence-corrected chi connectivity index (χ1v) is 8.75. The highest BCUT2D eigenvalue weighted by atomic mass is 32.2. The molecular weight excluding hydrogens is 338 g/mol. The number of anilines is 2. The number of methoxy groups -OCH3 is 1. The van der Waals surface area contributed by atoms with Crippen LogP contribution in [0.15, 0.2) is 30.0 Å². The van der Waals surface area contributed by atoms with Gasteiger partial charge in [0.1, 0.15) is 11.4 Å². The van der Waals surface area contributed by atoms with Gasteiger partial charge in [0.15, 0.2) is 0 Å². The van der Waals surface area contributed by atoms with Crippen LogP contribution in [-0.2, 0) is 19.6 Å². The summed E-state index contributed by atoms with van der Waals surface area (Å²) in [6.07, 6.45) is 2.12. The van der Waals surface area contributed by atoms with Crippen LogP contribution < -0.4 is 14.8 Å². The molecule has 130 valence electrons. The molecule has 0 aromatic heterocycles. The van der Waals surface area contributed by atoms with Gasteiger partial charge in [0, 0.05) is 11.8 Å². The molecule has 1 aromatic carbocycles. The van der Waals surface area contributed by atoms with Crippen LogP contribution in [0.3, 0.4) is 0 Å². The molecule has 0 bridgehead atoms. The summed E-state index contributed by atoms with van der Waals surface area (Å²) in [6, 6.07) is 4.52. The number of ether oxygens (including phenoxy) is 1. The average molecular weight is 355 g/mol. The van der Waals surface area contributed by atoms with E-state index < -0.39 is 21.8 Å². The number of hydrogen-bond acceptors (Lipinski definition) is 7. The van der Waals surface area contributed by atoms with E-state index in [1.165, 1.54) is 19.2 Å². The molecule has 2 rings (SSSR count). The second kappa shape index (κ2) is 6.89. The molecule has 0 atom stereocenters. The van der Waals surface area contributed by atoms with Crippen molar-refractivity contribution in [3.63, 3.8) is 0 Å². The fraction of sp³-hybridized carbons (Fsp3) is 0.286. The van der Waals surface area contributed by atoms with E-state index in [0.717, 1.165) is 17.2 Å². The van der Waals surface area contributed by atoms with Crippen molar-refractivity contribution in [2.45, 2.75) is 0 Å². The van der Waals surface area contributed by atoms with Gasteiger partial charge in [0.05, 0.1) is 32.2 Å². The Morgan fingerprint density at radius 2 is 2.00 bits per heavy atom. The summed E-state index contributed by atoms with van der Waals surface area (Å²) in [5, 5.41) is 11.6. The van der Waals surface area contributed by atoms with E-state index in [-0.39, 0.29) is 24.5 Å². The fourth-order valence-electron chi connectivity index (χ4n) is 2.13. The molecule has 3 N–H and O–H groups in total. The monoisotopic (exact) mass is 355 g/mol. The molecule has 0 aliphatic carbocycles. The summed E-state index contributed by atoms with van der Waals surface area (Å²) >= 11 is 0.